The van der Waals surface area contributed by atoms with Gasteiger partial charge in [-0.05, 0) is 39.3 Å². The van der Waals surface area contributed by atoms with E-state index in [1.807, 2.05) is 7.05 Å². The predicted molar refractivity (Wildman–Crippen MR) is 87.1 cm³/mol. The molecule has 5 heteroatoms. The molecule has 1 N–H and O–H groups in total. The van der Waals surface area contributed by atoms with Crippen molar-refractivity contribution >= 4 is 11.6 Å². The maximum Gasteiger partial charge on any atom is 0.136 e. The summed E-state index contributed by atoms with van der Waals surface area (Å²) in [7, 11) is 4.16. The lowest BCUT2D eigenvalue weighted by Gasteiger charge is -2.31. The fourth-order valence-electron chi connectivity index (χ4n) is 3.15. The van der Waals surface area contributed by atoms with Gasteiger partial charge in [0.2, 0.25) is 0 Å². The molecule has 0 bridgehead atoms. The number of aromatic nitrogens is 2. The van der Waals surface area contributed by atoms with E-state index < -0.39 is 0 Å². The minimum absolute atomic E-state index is 0.546. The van der Waals surface area contributed by atoms with Crippen LogP contribution in [0.4, 0.5) is 11.6 Å². The molecule has 0 spiro atoms. The molecule has 3 rings (SSSR count). The Morgan fingerprint density at radius 1 is 1.29 bits per heavy atom. The van der Waals surface area contributed by atoms with Crippen LogP contribution in [0.5, 0.6) is 0 Å². The molecule has 1 saturated heterocycles. The summed E-state index contributed by atoms with van der Waals surface area (Å²) >= 11 is 0. The molecule has 21 heavy (non-hydrogen) atoms. The summed E-state index contributed by atoms with van der Waals surface area (Å²) in [4.78, 5) is 14.5. The zero-order chi connectivity index (χ0) is 14.8. The first-order chi connectivity index (χ1) is 10.2. The third-order valence-electron chi connectivity index (χ3n) is 4.60. The number of hydrogen-bond donors (Lipinski definition) is 1. The summed E-state index contributed by atoms with van der Waals surface area (Å²) in [6.45, 7) is 5.66. The van der Waals surface area contributed by atoms with Crippen LogP contribution < -0.4 is 10.2 Å². The van der Waals surface area contributed by atoms with E-state index in [9.17, 15) is 0 Å². The molecule has 1 aromatic heterocycles. The van der Waals surface area contributed by atoms with Gasteiger partial charge in [0.25, 0.3) is 0 Å². The maximum atomic E-state index is 4.89. The molecule has 1 atom stereocenters. The molecule has 1 aliphatic carbocycles. The van der Waals surface area contributed by atoms with E-state index in [-0.39, 0.29) is 0 Å². The molecular formula is C16H27N5. The molecule has 2 fully saturated rings. The Bertz CT molecular complexity index is 486. The fraction of sp³-hybridized carbons (Fsp3) is 0.750. The van der Waals surface area contributed by atoms with Crippen molar-refractivity contribution in [3.63, 3.8) is 0 Å². The smallest absolute Gasteiger partial charge is 0.136 e. The van der Waals surface area contributed by atoms with E-state index in [4.69, 9.17) is 4.98 Å². The molecule has 1 aliphatic heterocycles. The van der Waals surface area contributed by atoms with Gasteiger partial charge in [-0.3, -0.25) is 0 Å². The van der Waals surface area contributed by atoms with Crippen molar-refractivity contribution in [2.24, 2.45) is 0 Å². The quantitative estimate of drug-likeness (QED) is 0.921. The van der Waals surface area contributed by atoms with Gasteiger partial charge in [-0.25, -0.2) is 9.97 Å². The third kappa shape index (κ3) is 3.28. The number of hydrogen-bond acceptors (Lipinski definition) is 5. The van der Waals surface area contributed by atoms with Crippen LogP contribution in [-0.2, 0) is 0 Å². The summed E-state index contributed by atoms with van der Waals surface area (Å²) in [6, 6.07) is 2.66. The molecule has 0 aromatic carbocycles. The highest BCUT2D eigenvalue weighted by Gasteiger charge is 2.29. The average Bonchev–Trinajstić information content (AvgIpc) is 3.33. The summed E-state index contributed by atoms with van der Waals surface area (Å²) in [6.07, 6.45) is 4.84. The number of anilines is 2. The van der Waals surface area contributed by atoms with Gasteiger partial charge in [-0.2, -0.15) is 0 Å². The number of rotatable bonds is 4. The molecule has 116 valence electrons. The Balaban J connectivity index is 1.91. The summed E-state index contributed by atoms with van der Waals surface area (Å²) < 4.78 is 0. The standard InChI is InChI=1S/C16H27N5/c1-4-13-11-20(3)8-5-9-21(13)15-10-14(17-2)18-16(19-15)12-6-7-12/h10,12-13H,4-9,11H2,1-3H3,(H,17,18,19). The fourth-order valence-corrected chi connectivity index (χ4v) is 3.15. The Morgan fingerprint density at radius 3 is 2.76 bits per heavy atom. The largest absolute Gasteiger partial charge is 0.373 e. The summed E-state index contributed by atoms with van der Waals surface area (Å²) in [5.41, 5.74) is 0. The zero-order valence-corrected chi connectivity index (χ0v) is 13.5. The van der Waals surface area contributed by atoms with Gasteiger partial charge in [0.1, 0.15) is 17.5 Å². The van der Waals surface area contributed by atoms with Crippen LogP contribution in [0.15, 0.2) is 6.07 Å². The van der Waals surface area contributed by atoms with Crippen molar-refractivity contribution in [1.82, 2.24) is 14.9 Å². The van der Waals surface area contributed by atoms with Gasteiger partial charge in [0, 0.05) is 38.2 Å². The van der Waals surface area contributed by atoms with Gasteiger partial charge in [0.15, 0.2) is 0 Å². The second-order valence-electron chi connectivity index (χ2n) is 6.37. The molecule has 0 amide bonds. The average molecular weight is 289 g/mol. The zero-order valence-electron chi connectivity index (χ0n) is 13.5. The lowest BCUT2D eigenvalue weighted by molar-refractivity contribution is 0.327. The highest BCUT2D eigenvalue weighted by atomic mass is 15.3. The van der Waals surface area contributed by atoms with Crippen LogP contribution >= 0.6 is 0 Å². The van der Waals surface area contributed by atoms with Crippen LogP contribution in [0.2, 0.25) is 0 Å². The van der Waals surface area contributed by atoms with E-state index in [1.54, 1.807) is 0 Å². The first-order valence-corrected chi connectivity index (χ1v) is 8.23. The minimum atomic E-state index is 0.546. The molecule has 0 radical (unpaired) electrons. The Morgan fingerprint density at radius 2 is 2.10 bits per heavy atom. The maximum absolute atomic E-state index is 4.89. The number of likely N-dealkylation sites (N-methyl/N-ethyl adjacent to an activating group) is 1. The van der Waals surface area contributed by atoms with Crippen LogP contribution in [0, 0.1) is 0 Å². The second kappa shape index (κ2) is 6.18. The van der Waals surface area contributed by atoms with E-state index in [2.05, 4.69) is 40.1 Å². The van der Waals surface area contributed by atoms with Crippen molar-refractivity contribution in [3.8, 4) is 0 Å². The molecule has 1 saturated carbocycles. The van der Waals surface area contributed by atoms with Crippen molar-refractivity contribution in [2.45, 2.75) is 44.6 Å². The molecule has 2 heterocycles. The lowest BCUT2D eigenvalue weighted by Crippen LogP contribution is -2.40. The van der Waals surface area contributed by atoms with Crippen molar-refractivity contribution in [2.75, 3.05) is 43.9 Å². The number of nitrogens with one attached hydrogen (secondary N) is 1. The van der Waals surface area contributed by atoms with Crippen molar-refractivity contribution < 1.29 is 0 Å². The van der Waals surface area contributed by atoms with Gasteiger partial charge in [-0.15, -0.1) is 0 Å². The summed E-state index contributed by atoms with van der Waals surface area (Å²) in [5.74, 6) is 3.68. The highest BCUT2D eigenvalue weighted by Crippen LogP contribution is 2.39. The van der Waals surface area contributed by atoms with Crippen molar-refractivity contribution in [1.29, 1.82) is 0 Å². The van der Waals surface area contributed by atoms with Gasteiger partial charge < -0.3 is 15.1 Å². The predicted octanol–water partition coefficient (Wildman–Crippen LogP) is 2.32. The lowest BCUT2D eigenvalue weighted by atomic mass is 10.2. The van der Waals surface area contributed by atoms with Crippen LogP contribution in [0.3, 0.4) is 0 Å². The molecule has 2 aliphatic rings. The molecular weight excluding hydrogens is 262 g/mol. The van der Waals surface area contributed by atoms with E-state index in [0.717, 1.165) is 37.0 Å². The second-order valence-corrected chi connectivity index (χ2v) is 6.37. The van der Waals surface area contributed by atoms with Crippen LogP contribution in [0.25, 0.3) is 0 Å². The van der Waals surface area contributed by atoms with Gasteiger partial charge in [0.05, 0.1) is 0 Å². The monoisotopic (exact) mass is 289 g/mol. The Kier molecular flexibility index (Phi) is 4.29. The topological polar surface area (TPSA) is 44.3 Å². The third-order valence-corrected chi connectivity index (χ3v) is 4.60. The normalized spacial score (nSPS) is 24.0. The van der Waals surface area contributed by atoms with Crippen LogP contribution in [0.1, 0.15) is 44.3 Å². The number of nitrogens with zero attached hydrogens (tertiary/aromatic N) is 4. The molecule has 1 unspecified atom stereocenters. The summed E-state index contributed by atoms with van der Waals surface area (Å²) in [5, 5.41) is 3.20. The highest BCUT2D eigenvalue weighted by molar-refractivity contribution is 5.50. The molecule has 5 nitrogen and oxygen atoms in total. The van der Waals surface area contributed by atoms with E-state index >= 15 is 0 Å². The van der Waals surface area contributed by atoms with E-state index in [1.165, 1.54) is 25.8 Å². The SMILES string of the molecule is CCC1CN(C)CCCN1c1cc(NC)nc(C2CC2)n1. The first kappa shape index (κ1) is 14.6. The molecule has 1 aromatic rings. The van der Waals surface area contributed by atoms with Crippen LogP contribution in [-0.4, -0.2) is 54.6 Å². The Hall–Kier alpha value is -1.36. The van der Waals surface area contributed by atoms with Gasteiger partial charge in [-0.1, -0.05) is 6.92 Å². The van der Waals surface area contributed by atoms with Gasteiger partial charge >= 0.3 is 0 Å². The van der Waals surface area contributed by atoms with E-state index in [0.29, 0.717) is 12.0 Å². The van der Waals surface area contributed by atoms with Crippen molar-refractivity contribution in [3.05, 3.63) is 11.9 Å². The minimum Gasteiger partial charge on any atom is -0.373 e. The Labute approximate surface area is 127 Å². The first-order valence-electron chi connectivity index (χ1n) is 8.23.